The molecule has 1 fully saturated rings. The third kappa shape index (κ3) is 3.55. The lowest BCUT2D eigenvalue weighted by Crippen LogP contribution is -2.50. The maximum atomic E-state index is 12.8. The van der Waals surface area contributed by atoms with Crippen molar-refractivity contribution in [2.45, 2.75) is 13.3 Å². The van der Waals surface area contributed by atoms with Gasteiger partial charge >= 0.3 is 0 Å². The first-order chi connectivity index (χ1) is 11.5. The van der Waals surface area contributed by atoms with Gasteiger partial charge in [0.1, 0.15) is 0 Å². The minimum atomic E-state index is -0.113. The first-order valence-electron chi connectivity index (χ1n) is 7.92. The Kier molecular flexibility index (Phi) is 5.89. The Bertz CT molecular complexity index is 584. The van der Waals surface area contributed by atoms with Crippen molar-refractivity contribution in [2.24, 2.45) is 0 Å². The van der Waals surface area contributed by atoms with Crippen LogP contribution in [0.1, 0.15) is 23.7 Å². The molecule has 1 heterocycles. The van der Waals surface area contributed by atoms with Crippen molar-refractivity contribution in [3.05, 3.63) is 17.7 Å². The molecule has 0 N–H and O–H groups in total. The van der Waals surface area contributed by atoms with Gasteiger partial charge in [-0.05, 0) is 12.1 Å². The Morgan fingerprint density at radius 1 is 0.917 bits per heavy atom. The molecule has 0 aliphatic carbocycles. The van der Waals surface area contributed by atoms with Gasteiger partial charge < -0.3 is 24.0 Å². The zero-order valence-electron chi connectivity index (χ0n) is 14.6. The summed E-state index contributed by atoms with van der Waals surface area (Å²) in [5, 5.41) is 0. The van der Waals surface area contributed by atoms with Gasteiger partial charge in [-0.1, -0.05) is 6.92 Å². The van der Waals surface area contributed by atoms with E-state index in [0.29, 0.717) is 55.4 Å². The number of methoxy groups -OCH3 is 3. The Hall–Kier alpha value is -2.44. The van der Waals surface area contributed by atoms with Crippen LogP contribution in [-0.4, -0.2) is 69.1 Å². The smallest absolute Gasteiger partial charge is 0.254 e. The molecular weight excluding hydrogens is 312 g/mol. The summed E-state index contributed by atoms with van der Waals surface area (Å²) in [6.45, 7) is 3.99. The Morgan fingerprint density at radius 2 is 1.42 bits per heavy atom. The van der Waals surface area contributed by atoms with Gasteiger partial charge in [0.05, 0.1) is 21.3 Å². The third-order valence-corrected chi connectivity index (χ3v) is 4.13. The van der Waals surface area contributed by atoms with Crippen molar-refractivity contribution >= 4 is 11.8 Å². The standard InChI is InChI=1S/C17H24N2O5/c1-5-15(20)18-6-8-19(9-7-18)17(21)12-10-13(22-2)16(24-4)14(11-12)23-3/h10-11H,5-9H2,1-4H3. The number of carbonyl (C=O) groups excluding carboxylic acids is 2. The van der Waals surface area contributed by atoms with E-state index in [1.54, 1.807) is 21.9 Å². The molecule has 0 aromatic heterocycles. The molecule has 1 aromatic carbocycles. The van der Waals surface area contributed by atoms with E-state index >= 15 is 0 Å². The first kappa shape index (κ1) is 17.9. The molecule has 0 bridgehead atoms. The topological polar surface area (TPSA) is 68.3 Å². The van der Waals surface area contributed by atoms with Crippen molar-refractivity contribution in [3.63, 3.8) is 0 Å². The molecule has 1 aromatic rings. The molecule has 1 saturated heterocycles. The molecular formula is C17H24N2O5. The highest BCUT2D eigenvalue weighted by Crippen LogP contribution is 2.38. The minimum absolute atomic E-state index is 0.113. The summed E-state index contributed by atoms with van der Waals surface area (Å²) in [4.78, 5) is 28.0. The predicted octanol–water partition coefficient (Wildman–Crippen LogP) is 1.41. The van der Waals surface area contributed by atoms with Crippen LogP contribution in [0.25, 0.3) is 0 Å². The van der Waals surface area contributed by atoms with Crippen molar-refractivity contribution in [2.75, 3.05) is 47.5 Å². The quantitative estimate of drug-likeness (QED) is 0.813. The van der Waals surface area contributed by atoms with Gasteiger partial charge in [0.15, 0.2) is 11.5 Å². The van der Waals surface area contributed by atoms with Gasteiger partial charge in [0.2, 0.25) is 11.7 Å². The maximum Gasteiger partial charge on any atom is 0.254 e. The summed E-state index contributed by atoms with van der Waals surface area (Å²) in [7, 11) is 4.55. The highest BCUT2D eigenvalue weighted by molar-refractivity contribution is 5.96. The summed E-state index contributed by atoms with van der Waals surface area (Å²) in [5.41, 5.74) is 0.472. The van der Waals surface area contributed by atoms with Crippen LogP contribution >= 0.6 is 0 Å². The van der Waals surface area contributed by atoms with Crippen molar-refractivity contribution < 1.29 is 23.8 Å². The molecule has 2 rings (SSSR count). The zero-order valence-corrected chi connectivity index (χ0v) is 14.6. The number of carbonyl (C=O) groups is 2. The number of piperazine rings is 1. The van der Waals surface area contributed by atoms with Crippen LogP contribution in [-0.2, 0) is 4.79 Å². The number of amides is 2. The predicted molar refractivity (Wildman–Crippen MR) is 88.9 cm³/mol. The number of benzene rings is 1. The van der Waals surface area contributed by atoms with Crippen LogP contribution in [0.15, 0.2) is 12.1 Å². The Labute approximate surface area is 142 Å². The lowest BCUT2D eigenvalue weighted by Gasteiger charge is -2.34. The van der Waals surface area contributed by atoms with Crippen LogP contribution in [0.4, 0.5) is 0 Å². The first-order valence-corrected chi connectivity index (χ1v) is 7.92. The minimum Gasteiger partial charge on any atom is -0.493 e. The average Bonchev–Trinajstić information content (AvgIpc) is 2.65. The van der Waals surface area contributed by atoms with Crippen LogP contribution in [0, 0.1) is 0 Å². The van der Waals surface area contributed by atoms with E-state index in [0.717, 1.165) is 0 Å². The highest BCUT2D eigenvalue weighted by atomic mass is 16.5. The van der Waals surface area contributed by atoms with E-state index in [9.17, 15) is 9.59 Å². The maximum absolute atomic E-state index is 12.8. The van der Waals surface area contributed by atoms with Gasteiger partial charge in [-0.2, -0.15) is 0 Å². The number of hydrogen-bond acceptors (Lipinski definition) is 5. The molecule has 0 saturated carbocycles. The summed E-state index contributed by atoms with van der Waals surface area (Å²) < 4.78 is 15.9. The summed E-state index contributed by atoms with van der Waals surface area (Å²) >= 11 is 0. The Morgan fingerprint density at radius 3 is 1.83 bits per heavy atom. The molecule has 7 nitrogen and oxygen atoms in total. The lowest BCUT2D eigenvalue weighted by molar-refractivity contribution is -0.132. The largest absolute Gasteiger partial charge is 0.493 e. The molecule has 7 heteroatoms. The molecule has 0 spiro atoms. The second kappa shape index (κ2) is 7.90. The molecule has 24 heavy (non-hydrogen) atoms. The fraction of sp³-hybridized carbons (Fsp3) is 0.529. The number of nitrogens with zero attached hydrogens (tertiary/aromatic N) is 2. The van der Waals surface area contributed by atoms with Crippen LogP contribution in [0.3, 0.4) is 0 Å². The van der Waals surface area contributed by atoms with Gasteiger partial charge in [0.25, 0.3) is 5.91 Å². The zero-order chi connectivity index (χ0) is 17.7. The Balaban J connectivity index is 2.17. The lowest BCUT2D eigenvalue weighted by atomic mass is 10.1. The van der Waals surface area contributed by atoms with Gasteiger partial charge in [-0.15, -0.1) is 0 Å². The highest BCUT2D eigenvalue weighted by Gasteiger charge is 2.26. The number of hydrogen-bond donors (Lipinski definition) is 0. The molecule has 0 unspecified atom stereocenters. The van der Waals surface area contributed by atoms with E-state index in [1.165, 1.54) is 21.3 Å². The van der Waals surface area contributed by atoms with E-state index in [2.05, 4.69) is 0 Å². The summed E-state index contributed by atoms with van der Waals surface area (Å²) in [6.07, 6.45) is 0.487. The summed E-state index contributed by atoms with van der Waals surface area (Å²) in [5.74, 6) is 1.35. The van der Waals surface area contributed by atoms with Gasteiger partial charge in [-0.25, -0.2) is 0 Å². The van der Waals surface area contributed by atoms with Crippen molar-refractivity contribution in [1.82, 2.24) is 9.80 Å². The SMILES string of the molecule is CCC(=O)N1CCN(C(=O)c2cc(OC)c(OC)c(OC)c2)CC1. The van der Waals surface area contributed by atoms with Crippen molar-refractivity contribution in [1.29, 1.82) is 0 Å². The molecule has 132 valence electrons. The van der Waals surface area contributed by atoms with Gasteiger partial charge in [0, 0.05) is 38.2 Å². The fourth-order valence-electron chi connectivity index (χ4n) is 2.77. The summed E-state index contributed by atoms with van der Waals surface area (Å²) in [6, 6.07) is 3.29. The molecule has 2 amide bonds. The molecule has 0 atom stereocenters. The number of ether oxygens (including phenoxy) is 3. The number of rotatable bonds is 5. The van der Waals surface area contributed by atoms with Gasteiger partial charge in [-0.3, -0.25) is 9.59 Å². The molecule has 1 aliphatic rings. The van der Waals surface area contributed by atoms with Crippen molar-refractivity contribution in [3.8, 4) is 17.2 Å². The van der Waals surface area contributed by atoms with E-state index in [-0.39, 0.29) is 11.8 Å². The second-order valence-electron chi connectivity index (χ2n) is 5.44. The van der Waals surface area contributed by atoms with Crippen LogP contribution in [0.5, 0.6) is 17.2 Å². The third-order valence-electron chi connectivity index (χ3n) is 4.13. The average molecular weight is 336 g/mol. The van der Waals surface area contributed by atoms with E-state index in [1.807, 2.05) is 6.92 Å². The normalized spacial score (nSPS) is 14.3. The monoisotopic (exact) mass is 336 g/mol. The van der Waals surface area contributed by atoms with E-state index in [4.69, 9.17) is 14.2 Å². The second-order valence-corrected chi connectivity index (χ2v) is 5.44. The van der Waals surface area contributed by atoms with Crippen LogP contribution in [0.2, 0.25) is 0 Å². The van der Waals surface area contributed by atoms with E-state index < -0.39 is 0 Å². The van der Waals surface area contributed by atoms with Crippen LogP contribution < -0.4 is 14.2 Å². The molecule has 1 aliphatic heterocycles. The fourth-order valence-corrected chi connectivity index (χ4v) is 2.77. The molecule has 0 radical (unpaired) electrons.